The molecule has 0 heterocycles. The summed E-state index contributed by atoms with van der Waals surface area (Å²) >= 11 is 0. The van der Waals surface area contributed by atoms with Crippen LogP contribution in [0, 0.1) is 21.7 Å². The highest BCUT2D eigenvalue weighted by molar-refractivity contribution is 5.44. The van der Waals surface area contributed by atoms with Crippen molar-refractivity contribution < 1.29 is 13.7 Å². The van der Waals surface area contributed by atoms with E-state index >= 15 is 0 Å². The maximum absolute atomic E-state index is 13.4. The lowest BCUT2D eigenvalue weighted by Crippen LogP contribution is -2.01. The summed E-state index contributed by atoms with van der Waals surface area (Å²) in [4.78, 5) is 9.69. The maximum Gasteiger partial charge on any atom is 0.304 e. The van der Waals surface area contributed by atoms with Gasteiger partial charge in [-0.3, -0.25) is 10.1 Å². The van der Waals surface area contributed by atoms with Crippen LogP contribution in [0.25, 0.3) is 0 Å². The van der Waals surface area contributed by atoms with E-state index in [1.165, 1.54) is 18.2 Å². The summed E-state index contributed by atoms with van der Waals surface area (Å²) in [7, 11) is 0. The third-order valence-corrected chi connectivity index (χ3v) is 2.55. The molecule has 0 spiro atoms. The highest BCUT2D eigenvalue weighted by atomic mass is 19.1. The first kappa shape index (κ1) is 12.9. The average molecular weight is 264 g/mol. The molecule has 1 N–H and O–H groups in total. The molecule has 2 rings (SSSR count). The van der Waals surface area contributed by atoms with Crippen molar-refractivity contribution in [3.05, 3.63) is 69.8 Å². The Morgan fingerprint density at radius 3 is 2.37 bits per heavy atom. The number of nitrogens with one attached hydrogen (secondary N) is 1. The van der Waals surface area contributed by atoms with Gasteiger partial charge in [0.15, 0.2) is 0 Å². The molecule has 0 fully saturated rings. The van der Waals surface area contributed by atoms with E-state index in [4.69, 9.17) is 0 Å². The highest BCUT2D eigenvalue weighted by Crippen LogP contribution is 2.19. The number of nitro groups is 1. The largest absolute Gasteiger partial charge is 0.381 e. The molecule has 0 atom stereocenters. The molecule has 0 aromatic heterocycles. The van der Waals surface area contributed by atoms with E-state index in [0.29, 0.717) is 17.8 Å². The van der Waals surface area contributed by atoms with E-state index in [2.05, 4.69) is 5.32 Å². The van der Waals surface area contributed by atoms with E-state index in [1.54, 1.807) is 12.1 Å². The van der Waals surface area contributed by atoms with Crippen LogP contribution >= 0.6 is 0 Å². The fraction of sp³-hybridized carbons (Fsp3) is 0.0769. The van der Waals surface area contributed by atoms with Crippen LogP contribution in [-0.4, -0.2) is 4.92 Å². The minimum atomic E-state index is -0.872. The van der Waals surface area contributed by atoms with Crippen LogP contribution in [0.4, 0.5) is 20.2 Å². The van der Waals surface area contributed by atoms with Gasteiger partial charge in [0.05, 0.1) is 4.92 Å². The lowest BCUT2D eigenvalue weighted by Gasteiger charge is -2.06. The van der Waals surface area contributed by atoms with Crippen LogP contribution in [0.15, 0.2) is 42.5 Å². The second-order valence-electron chi connectivity index (χ2n) is 3.90. The second kappa shape index (κ2) is 5.43. The minimum absolute atomic E-state index is 0.292. The van der Waals surface area contributed by atoms with E-state index in [9.17, 15) is 18.9 Å². The molecule has 0 bridgehead atoms. The van der Waals surface area contributed by atoms with Crippen molar-refractivity contribution in [3.8, 4) is 0 Å². The first-order valence-electron chi connectivity index (χ1n) is 5.48. The van der Waals surface area contributed by atoms with Crippen molar-refractivity contribution in [2.24, 2.45) is 0 Å². The van der Waals surface area contributed by atoms with Gasteiger partial charge in [0.2, 0.25) is 5.82 Å². The Hall–Kier alpha value is -2.50. The van der Waals surface area contributed by atoms with Gasteiger partial charge in [-0.15, -0.1) is 0 Å². The number of nitro benzene ring substituents is 1. The Bertz CT molecular complexity index is 600. The number of benzene rings is 2. The van der Waals surface area contributed by atoms with Crippen LogP contribution in [0.2, 0.25) is 0 Å². The molecule has 4 nitrogen and oxygen atoms in total. The molecule has 0 amide bonds. The number of hydrogen-bond acceptors (Lipinski definition) is 3. The zero-order valence-corrected chi connectivity index (χ0v) is 9.77. The van der Waals surface area contributed by atoms with Gasteiger partial charge in [-0.1, -0.05) is 6.07 Å². The maximum atomic E-state index is 13.4. The van der Waals surface area contributed by atoms with Crippen LogP contribution in [0.5, 0.6) is 0 Å². The topological polar surface area (TPSA) is 55.2 Å². The van der Waals surface area contributed by atoms with Gasteiger partial charge in [0, 0.05) is 18.3 Å². The molecule has 19 heavy (non-hydrogen) atoms. The predicted molar refractivity (Wildman–Crippen MR) is 66.8 cm³/mol. The molecule has 0 saturated heterocycles. The normalized spacial score (nSPS) is 10.2. The summed E-state index contributed by atoms with van der Waals surface area (Å²) < 4.78 is 26.0. The lowest BCUT2D eigenvalue weighted by molar-refractivity contribution is -0.387. The number of nitrogens with zero attached hydrogens (tertiary/aromatic N) is 1. The van der Waals surface area contributed by atoms with E-state index < -0.39 is 16.4 Å². The summed E-state index contributed by atoms with van der Waals surface area (Å²) in [5.41, 5.74) is 0.693. The van der Waals surface area contributed by atoms with E-state index in [-0.39, 0.29) is 5.82 Å². The van der Waals surface area contributed by atoms with Crippen LogP contribution in [0.3, 0.4) is 0 Å². The van der Waals surface area contributed by atoms with Crippen LogP contribution < -0.4 is 5.32 Å². The van der Waals surface area contributed by atoms with Gasteiger partial charge >= 0.3 is 5.69 Å². The summed E-state index contributed by atoms with van der Waals surface area (Å²) in [5.74, 6) is -1.21. The highest BCUT2D eigenvalue weighted by Gasteiger charge is 2.13. The molecule has 0 aliphatic rings. The fourth-order valence-electron chi connectivity index (χ4n) is 1.58. The summed E-state index contributed by atoms with van der Waals surface area (Å²) in [6, 6.07) is 9.41. The third kappa shape index (κ3) is 3.25. The Morgan fingerprint density at radius 2 is 1.79 bits per heavy atom. The molecule has 6 heteroatoms. The van der Waals surface area contributed by atoms with Crippen molar-refractivity contribution >= 4 is 11.4 Å². The van der Waals surface area contributed by atoms with Crippen molar-refractivity contribution in [2.75, 3.05) is 5.32 Å². The smallest absolute Gasteiger partial charge is 0.304 e. The van der Waals surface area contributed by atoms with Gasteiger partial charge in [0.1, 0.15) is 5.82 Å². The standard InChI is InChI=1S/C13H10F2N2O2/c14-10-2-4-11(5-3-10)16-8-9-1-6-13(17(18)19)12(15)7-9/h1-7,16H,8H2. The monoisotopic (exact) mass is 264 g/mol. The van der Waals surface area contributed by atoms with Crippen molar-refractivity contribution in [3.63, 3.8) is 0 Å². The van der Waals surface area contributed by atoms with Crippen LogP contribution in [0.1, 0.15) is 5.56 Å². The molecular formula is C13H10F2N2O2. The summed E-state index contributed by atoms with van der Waals surface area (Å²) in [5, 5.41) is 13.4. The van der Waals surface area contributed by atoms with Crippen molar-refractivity contribution in [1.29, 1.82) is 0 Å². The Kier molecular flexibility index (Phi) is 3.70. The molecule has 2 aromatic carbocycles. The van der Waals surface area contributed by atoms with Gasteiger partial charge in [0.25, 0.3) is 0 Å². The van der Waals surface area contributed by atoms with Crippen LogP contribution in [-0.2, 0) is 6.54 Å². The molecule has 98 valence electrons. The number of hydrogen-bond donors (Lipinski definition) is 1. The molecule has 0 aliphatic carbocycles. The quantitative estimate of drug-likeness (QED) is 0.679. The van der Waals surface area contributed by atoms with Gasteiger partial charge in [-0.05, 0) is 35.9 Å². The molecule has 0 aliphatic heterocycles. The Balaban J connectivity index is 2.06. The fourth-order valence-corrected chi connectivity index (χ4v) is 1.58. The zero-order valence-electron chi connectivity index (χ0n) is 9.77. The van der Waals surface area contributed by atoms with Crippen molar-refractivity contribution in [1.82, 2.24) is 0 Å². The molecule has 2 aromatic rings. The summed E-state index contributed by atoms with van der Waals surface area (Å²) in [6.07, 6.45) is 0. The lowest BCUT2D eigenvalue weighted by atomic mass is 10.2. The third-order valence-electron chi connectivity index (χ3n) is 2.55. The molecular weight excluding hydrogens is 254 g/mol. The number of rotatable bonds is 4. The first-order chi connectivity index (χ1) is 9.06. The average Bonchev–Trinajstić information content (AvgIpc) is 2.37. The molecule has 0 radical (unpaired) electrons. The summed E-state index contributed by atoms with van der Waals surface area (Å²) in [6.45, 7) is 0.292. The Morgan fingerprint density at radius 1 is 1.11 bits per heavy atom. The van der Waals surface area contributed by atoms with Gasteiger partial charge in [-0.2, -0.15) is 4.39 Å². The first-order valence-corrected chi connectivity index (χ1v) is 5.48. The molecule has 0 unspecified atom stereocenters. The minimum Gasteiger partial charge on any atom is -0.381 e. The number of halogens is 2. The second-order valence-corrected chi connectivity index (χ2v) is 3.90. The number of anilines is 1. The van der Waals surface area contributed by atoms with E-state index in [0.717, 1.165) is 12.1 Å². The van der Waals surface area contributed by atoms with Gasteiger partial charge in [-0.25, -0.2) is 4.39 Å². The Labute approximate surface area is 107 Å². The molecule has 0 saturated carbocycles. The zero-order chi connectivity index (χ0) is 13.8. The van der Waals surface area contributed by atoms with E-state index in [1.807, 2.05) is 0 Å². The van der Waals surface area contributed by atoms with Gasteiger partial charge < -0.3 is 5.32 Å². The van der Waals surface area contributed by atoms with Crippen molar-refractivity contribution in [2.45, 2.75) is 6.54 Å². The predicted octanol–water partition coefficient (Wildman–Crippen LogP) is 3.49. The SMILES string of the molecule is O=[N+]([O-])c1ccc(CNc2ccc(F)cc2)cc1F.